The number of halogens is 1. The molecule has 0 saturated heterocycles. The van der Waals surface area contributed by atoms with Crippen LogP contribution < -0.4 is 0 Å². The van der Waals surface area contributed by atoms with E-state index in [0.29, 0.717) is 0 Å². The summed E-state index contributed by atoms with van der Waals surface area (Å²) in [7, 11) is 0. The summed E-state index contributed by atoms with van der Waals surface area (Å²) >= 11 is 3.50. The molecule has 1 aromatic heterocycles. The number of carbonyl (C=O) groups is 1. The maximum absolute atomic E-state index is 11.9. The molecule has 4 nitrogen and oxygen atoms in total. The van der Waals surface area contributed by atoms with Gasteiger partial charge in [0.1, 0.15) is 0 Å². The molecular formula is C21H19BrN2O2. The van der Waals surface area contributed by atoms with Crippen LogP contribution in [0.5, 0.6) is 0 Å². The zero-order valence-electron chi connectivity index (χ0n) is 14.6. The van der Waals surface area contributed by atoms with E-state index in [2.05, 4.69) is 15.9 Å². The van der Waals surface area contributed by atoms with Gasteiger partial charge in [0.25, 0.3) is 0 Å². The lowest BCUT2D eigenvalue weighted by Gasteiger charge is -2.04. The Morgan fingerprint density at radius 1 is 1.15 bits per heavy atom. The number of nitrogens with zero attached hydrogens (tertiary/aromatic N) is 2. The van der Waals surface area contributed by atoms with Gasteiger partial charge < -0.3 is 4.74 Å². The first-order valence-corrected chi connectivity index (χ1v) is 9.12. The molecule has 0 fully saturated rings. The summed E-state index contributed by atoms with van der Waals surface area (Å²) in [6.45, 7) is 3.65. The Morgan fingerprint density at radius 2 is 1.92 bits per heavy atom. The van der Waals surface area contributed by atoms with Crippen LogP contribution >= 0.6 is 15.9 Å². The smallest absolute Gasteiger partial charge is 0.331 e. The molecule has 5 heteroatoms. The van der Waals surface area contributed by atoms with Crippen molar-refractivity contribution < 1.29 is 9.53 Å². The molecule has 0 amide bonds. The Kier molecular flexibility index (Phi) is 5.68. The molecule has 0 saturated carbocycles. The van der Waals surface area contributed by atoms with Gasteiger partial charge in [-0.1, -0.05) is 46.3 Å². The van der Waals surface area contributed by atoms with Gasteiger partial charge >= 0.3 is 5.97 Å². The highest BCUT2D eigenvalue weighted by Gasteiger charge is 2.11. The summed E-state index contributed by atoms with van der Waals surface area (Å²) in [5, 5.41) is 4.72. The van der Waals surface area contributed by atoms with Crippen LogP contribution in [0.3, 0.4) is 0 Å². The van der Waals surface area contributed by atoms with Gasteiger partial charge in [-0.3, -0.25) is 0 Å². The Balaban J connectivity index is 2.02. The molecule has 3 aromatic rings. The minimum absolute atomic E-state index is 0.149. The number of hydrogen-bond acceptors (Lipinski definition) is 3. The fourth-order valence-electron chi connectivity index (χ4n) is 2.51. The highest BCUT2D eigenvalue weighted by Crippen LogP contribution is 2.27. The second-order valence-electron chi connectivity index (χ2n) is 6.04. The number of hydrogen-bond donors (Lipinski definition) is 0. The third-order valence-electron chi connectivity index (χ3n) is 3.61. The summed E-state index contributed by atoms with van der Waals surface area (Å²) in [4.78, 5) is 11.9. The number of ether oxygens (including phenoxy) is 1. The number of esters is 1. The molecule has 3 rings (SSSR count). The molecule has 0 N–H and O–H groups in total. The van der Waals surface area contributed by atoms with Crippen molar-refractivity contribution in [2.45, 2.75) is 20.0 Å². The lowest BCUT2D eigenvalue weighted by Crippen LogP contribution is -2.08. The summed E-state index contributed by atoms with van der Waals surface area (Å²) < 4.78 is 7.95. The SMILES string of the molecule is CC(C)OC(=O)C=Cc1cn(-c2ccccc2)nc1-c1cccc(Br)c1. The Labute approximate surface area is 161 Å². The quantitative estimate of drug-likeness (QED) is 0.425. The largest absolute Gasteiger partial charge is 0.460 e. The monoisotopic (exact) mass is 410 g/mol. The third-order valence-corrected chi connectivity index (χ3v) is 4.11. The molecule has 2 aromatic carbocycles. The van der Waals surface area contributed by atoms with Crippen molar-refractivity contribution in [3.05, 3.63) is 76.9 Å². The van der Waals surface area contributed by atoms with E-state index in [1.54, 1.807) is 6.08 Å². The van der Waals surface area contributed by atoms with Crippen molar-refractivity contribution in [3.63, 3.8) is 0 Å². The van der Waals surface area contributed by atoms with Crippen LogP contribution in [0.15, 0.2) is 71.3 Å². The Bertz CT molecular complexity index is 930. The van der Waals surface area contributed by atoms with Crippen molar-refractivity contribution in [2.75, 3.05) is 0 Å². The average molecular weight is 411 g/mol. The predicted molar refractivity (Wildman–Crippen MR) is 107 cm³/mol. The van der Waals surface area contributed by atoms with E-state index in [-0.39, 0.29) is 12.1 Å². The van der Waals surface area contributed by atoms with Crippen molar-refractivity contribution in [1.82, 2.24) is 9.78 Å². The van der Waals surface area contributed by atoms with Gasteiger partial charge in [-0.15, -0.1) is 0 Å². The van der Waals surface area contributed by atoms with Gasteiger partial charge in [0.2, 0.25) is 0 Å². The molecule has 0 radical (unpaired) electrons. The molecule has 0 aliphatic heterocycles. The van der Waals surface area contributed by atoms with E-state index in [4.69, 9.17) is 9.84 Å². The Morgan fingerprint density at radius 3 is 2.62 bits per heavy atom. The van der Waals surface area contributed by atoms with Crippen LogP contribution in [0, 0.1) is 0 Å². The zero-order valence-corrected chi connectivity index (χ0v) is 16.2. The fraction of sp³-hybridized carbons (Fsp3) is 0.143. The van der Waals surface area contributed by atoms with E-state index >= 15 is 0 Å². The van der Waals surface area contributed by atoms with Gasteiger partial charge in [0, 0.05) is 27.9 Å². The highest BCUT2D eigenvalue weighted by molar-refractivity contribution is 9.10. The predicted octanol–water partition coefficient (Wildman–Crippen LogP) is 5.27. The molecule has 132 valence electrons. The maximum atomic E-state index is 11.9. The van der Waals surface area contributed by atoms with Crippen molar-refractivity contribution in [1.29, 1.82) is 0 Å². The molecule has 0 bridgehead atoms. The normalized spacial score (nSPS) is 11.2. The molecule has 0 atom stereocenters. The van der Waals surface area contributed by atoms with Crippen LogP contribution in [-0.2, 0) is 9.53 Å². The molecule has 1 heterocycles. The maximum Gasteiger partial charge on any atom is 0.331 e. The molecular weight excluding hydrogens is 392 g/mol. The van der Waals surface area contributed by atoms with Gasteiger partial charge in [0.15, 0.2) is 0 Å². The minimum Gasteiger partial charge on any atom is -0.460 e. The highest BCUT2D eigenvalue weighted by atomic mass is 79.9. The first-order valence-electron chi connectivity index (χ1n) is 8.32. The zero-order chi connectivity index (χ0) is 18.5. The fourth-order valence-corrected chi connectivity index (χ4v) is 2.91. The number of benzene rings is 2. The van der Waals surface area contributed by atoms with E-state index in [9.17, 15) is 4.79 Å². The second-order valence-corrected chi connectivity index (χ2v) is 6.96. The van der Waals surface area contributed by atoms with Crippen molar-refractivity contribution in [3.8, 4) is 16.9 Å². The summed E-state index contributed by atoms with van der Waals surface area (Å²) in [5.41, 5.74) is 3.55. The lowest BCUT2D eigenvalue weighted by molar-refractivity contribution is -0.141. The number of carbonyl (C=O) groups excluding carboxylic acids is 1. The average Bonchev–Trinajstić information content (AvgIpc) is 3.04. The topological polar surface area (TPSA) is 44.1 Å². The van der Waals surface area contributed by atoms with Gasteiger partial charge in [-0.2, -0.15) is 5.10 Å². The van der Waals surface area contributed by atoms with E-state index in [1.165, 1.54) is 6.08 Å². The summed E-state index contributed by atoms with van der Waals surface area (Å²) in [6, 6.07) is 17.8. The number of aromatic nitrogens is 2. The van der Waals surface area contributed by atoms with Crippen LogP contribution in [0.4, 0.5) is 0 Å². The number of rotatable bonds is 5. The Hall–Kier alpha value is -2.66. The second kappa shape index (κ2) is 8.15. The number of para-hydroxylation sites is 1. The van der Waals surface area contributed by atoms with Gasteiger partial charge in [0.05, 0.1) is 17.5 Å². The summed E-state index contributed by atoms with van der Waals surface area (Å²) in [5.74, 6) is -0.368. The minimum atomic E-state index is -0.368. The van der Waals surface area contributed by atoms with E-state index in [1.807, 2.05) is 79.3 Å². The molecule has 0 aliphatic carbocycles. The van der Waals surface area contributed by atoms with Gasteiger partial charge in [-0.25, -0.2) is 9.48 Å². The van der Waals surface area contributed by atoms with Crippen LogP contribution in [-0.4, -0.2) is 21.9 Å². The van der Waals surface area contributed by atoms with Gasteiger partial charge in [-0.05, 0) is 44.2 Å². The van der Waals surface area contributed by atoms with Crippen molar-refractivity contribution >= 4 is 28.0 Å². The lowest BCUT2D eigenvalue weighted by atomic mass is 10.1. The molecule has 26 heavy (non-hydrogen) atoms. The first kappa shape index (κ1) is 18.1. The van der Waals surface area contributed by atoms with E-state index in [0.717, 1.165) is 27.0 Å². The van der Waals surface area contributed by atoms with Crippen LogP contribution in [0.1, 0.15) is 19.4 Å². The first-order chi connectivity index (χ1) is 12.5. The van der Waals surface area contributed by atoms with Crippen molar-refractivity contribution in [2.24, 2.45) is 0 Å². The van der Waals surface area contributed by atoms with Crippen LogP contribution in [0.25, 0.3) is 23.0 Å². The molecule has 0 aliphatic rings. The summed E-state index contributed by atoms with van der Waals surface area (Å²) in [6.07, 6.45) is 4.94. The molecule has 0 spiro atoms. The third kappa shape index (κ3) is 4.49. The van der Waals surface area contributed by atoms with Crippen LogP contribution in [0.2, 0.25) is 0 Å². The molecule has 0 unspecified atom stereocenters. The van der Waals surface area contributed by atoms with E-state index < -0.39 is 0 Å². The standard InChI is InChI=1S/C21H19BrN2O2/c1-15(2)26-20(25)12-11-17-14-24(19-9-4-3-5-10-19)23-21(17)16-7-6-8-18(22)13-16/h3-15H,1-2H3.